The molecule has 4 heteroatoms. The number of benzene rings is 1. The van der Waals surface area contributed by atoms with Gasteiger partial charge in [0.05, 0.1) is 0 Å². The Kier molecular flexibility index (Phi) is 5.40. The first-order chi connectivity index (χ1) is 9.17. The van der Waals surface area contributed by atoms with Gasteiger partial charge in [0.25, 0.3) is 0 Å². The zero-order valence-electron chi connectivity index (χ0n) is 11.4. The number of nitrogens with zero attached hydrogens (tertiary/aromatic N) is 1. The largest absolute Gasteiger partial charge is 0.352 e. The molecule has 0 aromatic heterocycles. The smallest absolute Gasteiger partial charge is 0.219 e. The van der Waals surface area contributed by atoms with Gasteiger partial charge >= 0.3 is 0 Å². The lowest BCUT2D eigenvalue weighted by molar-refractivity contribution is -0.121. The van der Waals surface area contributed by atoms with Crippen LogP contribution in [-0.4, -0.2) is 29.9 Å². The predicted octanol–water partition coefficient (Wildman–Crippen LogP) is 2.94. The van der Waals surface area contributed by atoms with Crippen LogP contribution >= 0.6 is 15.9 Å². The van der Waals surface area contributed by atoms with Crippen molar-refractivity contribution in [1.29, 1.82) is 0 Å². The molecule has 1 unspecified atom stereocenters. The fourth-order valence-electron chi connectivity index (χ4n) is 2.54. The third-order valence-electron chi connectivity index (χ3n) is 3.49. The molecule has 1 aromatic carbocycles. The summed E-state index contributed by atoms with van der Waals surface area (Å²) in [4.78, 5) is 13.9. The zero-order chi connectivity index (χ0) is 13.7. The molecule has 0 saturated carbocycles. The van der Waals surface area contributed by atoms with E-state index in [4.69, 9.17) is 0 Å². The SMILES string of the molecule is CCC(=O)NC1CCCN(Cc2cccc(Br)c2)C1. The van der Waals surface area contributed by atoms with Gasteiger partial charge in [-0.3, -0.25) is 9.69 Å². The molecule has 0 radical (unpaired) electrons. The van der Waals surface area contributed by atoms with Crippen LogP contribution in [0.25, 0.3) is 0 Å². The molecular formula is C15H21BrN2O. The molecule has 104 valence electrons. The van der Waals surface area contributed by atoms with E-state index in [1.165, 1.54) is 5.56 Å². The maximum absolute atomic E-state index is 11.5. The highest BCUT2D eigenvalue weighted by atomic mass is 79.9. The van der Waals surface area contributed by atoms with E-state index in [-0.39, 0.29) is 5.91 Å². The summed E-state index contributed by atoms with van der Waals surface area (Å²) in [7, 11) is 0. The van der Waals surface area contributed by atoms with Crippen LogP contribution in [0.1, 0.15) is 31.7 Å². The summed E-state index contributed by atoms with van der Waals surface area (Å²) in [6, 6.07) is 8.74. The highest BCUT2D eigenvalue weighted by Crippen LogP contribution is 2.17. The number of piperidine rings is 1. The minimum Gasteiger partial charge on any atom is -0.352 e. The molecule has 0 spiro atoms. The second-order valence-electron chi connectivity index (χ2n) is 5.13. The molecule has 1 heterocycles. The van der Waals surface area contributed by atoms with E-state index in [9.17, 15) is 4.79 Å². The number of likely N-dealkylation sites (tertiary alicyclic amines) is 1. The topological polar surface area (TPSA) is 32.3 Å². The number of carbonyl (C=O) groups excluding carboxylic acids is 1. The summed E-state index contributed by atoms with van der Waals surface area (Å²) in [5.74, 6) is 0.161. The number of hydrogen-bond donors (Lipinski definition) is 1. The molecule has 2 rings (SSSR count). The third kappa shape index (κ3) is 4.62. The van der Waals surface area contributed by atoms with E-state index in [0.717, 1.165) is 36.9 Å². The molecule has 1 amide bonds. The van der Waals surface area contributed by atoms with Crippen molar-refractivity contribution in [1.82, 2.24) is 10.2 Å². The number of halogens is 1. The van der Waals surface area contributed by atoms with E-state index in [1.54, 1.807) is 0 Å². The van der Waals surface area contributed by atoms with Gasteiger partial charge in [-0.1, -0.05) is 35.0 Å². The van der Waals surface area contributed by atoms with Crippen LogP contribution in [-0.2, 0) is 11.3 Å². The number of amides is 1. The average Bonchev–Trinajstić information content (AvgIpc) is 2.39. The summed E-state index contributed by atoms with van der Waals surface area (Å²) in [6.45, 7) is 4.93. The molecule has 1 fully saturated rings. The molecule has 0 aliphatic carbocycles. The predicted molar refractivity (Wildman–Crippen MR) is 80.9 cm³/mol. The lowest BCUT2D eigenvalue weighted by atomic mass is 10.0. The molecule has 3 nitrogen and oxygen atoms in total. The minimum absolute atomic E-state index is 0.161. The van der Waals surface area contributed by atoms with Gasteiger partial charge in [-0.15, -0.1) is 0 Å². The molecule has 19 heavy (non-hydrogen) atoms. The summed E-state index contributed by atoms with van der Waals surface area (Å²) in [5, 5.41) is 3.11. The summed E-state index contributed by atoms with van der Waals surface area (Å²) >= 11 is 3.51. The third-order valence-corrected chi connectivity index (χ3v) is 3.98. The Morgan fingerprint density at radius 2 is 2.37 bits per heavy atom. The van der Waals surface area contributed by atoms with Gasteiger partial charge in [-0.2, -0.15) is 0 Å². The first-order valence-electron chi connectivity index (χ1n) is 6.93. The first kappa shape index (κ1) is 14.5. The second-order valence-corrected chi connectivity index (χ2v) is 6.04. The molecule has 1 N–H and O–H groups in total. The van der Waals surface area contributed by atoms with Crippen molar-refractivity contribution in [2.24, 2.45) is 0 Å². The minimum atomic E-state index is 0.161. The quantitative estimate of drug-likeness (QED) is 0.923. The Labute approximate surface area is 123 Å². The van der Waals surface area contributed by atoms with E-state index < -0.39 is 0 Å². The van der Waals surface area contributed by atoms with E-state index in [1.807, 2.05) is 13.0 Å². The van der Waals surface area contributed by atoms with Crippen LogP contribution in [0.15, 0.2) is 28.7 Å². The van der Waals surface area contributed by atoms with Crippen LogP contribution in [0.5, 0.6) is 0 Å². The maximum atomic E-state index is 11.5. The molecule has 1 aromatic rings. The lowest BCUT2D eigenvalue weighted by Crippen LogP contribution is -2.47. The van der Waals surface area contributed by atoms with Crippen molar-refractivity contribution in [2.45, 2.75) is 38.8 Å². The van der Waals surface area contributed by atoms with Crippen LogP contribution < -0.4 is 5.32 Å². The van der Waals surface area contributed by atoms with E-state index >= 15 is 0 Å². The standard InChI is InChI=1S/C15H21BrN2O/c1-2-15(19)17-14-7-4-8-18(11-14)10-12-5-3-6-13(16)9-12/h3,5-6,9,14H,2,4,7-8,10-11H2,1H3,(H,17,19). The first-order valence-corrected chi connectivity index (χ1v) is 7.73. The van der Waals surface area contributed by atoms with Crippen molar-refractivity contribution in [2.75, 3.05) is 13.1 Å². The van der Waals surface area contributed by atoms with Crippen LogP contribution in [0.2, 0.25) is 0 Å². The molecule has 0 bridgehead atoms. The van der Waals surface area contributed by atoms with Crippen molar-refractivity contribution >= 4 is 21.8 Å². The second kappa shape index (κ2) is 7.06. The molecule has 1 aliphatic heterocycles. The molecule has 1 aliphatic rings. The summed E-state index contributed by atoms with van der Waals surface area (Å²) < 4.78 is 1.12. The Bertz CT molecular complexity index is 436. The summed E-state index contributed by atoms with van der Waals surface area (Å²) in [5.41, 5.74) is 1.32. The fourth-order valence-corrected chi connectivity index (χ4v) is 2.99. The number of nitrogens with one attached hydrogen (secondary N) is 1. The number of rotatable bonds is 4. The van der Waals surface area contributed by atoms with Gasteiger partial charge in [-0.05, 0) is 37.1 Å². The number of hydrogen-bond acceptors (Lipinski definition) is 2. The number of carbonyl (C=O) groups is 1. The van der Waals surface area contributed by atoms with E-state index in [0.29, 0.717) is 12.5 Å². The van der Waals surface area contributed by atoms with Gasteiger partial charge in [0.15, 0.2) is 0 Å². The van der Waals surface area contributed by atoms with Gasteiger partial charge in [0.1, 0.15) is 0 Å². The average molecular weight is 325 g/mol. The normalized spacial score (nSPS) is 20.2. The van der Waals surface area contributed by atoms with Gasteiger partial charge in [0, 0.05) is 30.0 Å². The zero-order valence-corrected chi connectivity index (χ0v) is 12.9. The molecule has 1 saturated heterocycles. The van der Waals surface area contributed by atoms with Gasteiger partial charge in [-0.25, -0.2) is 0 Å². The van der Waals surface area contributed by atoms with E-state index in [2.05, 4.69) is 44.3 Å². The molecule has 1 atom stereocenters. The van der Waals surface area contributed by atoms with Gasteiger partial charge in [0.2, 0.25) is 5.91 Å². The van der Waals surface area contributed by atoms with Crippen molar-refractivity contribution in [3.05, 3.63) is 34.3 Å². The van der Waals surface area contributed by atoms with Crippen LogP contribution in [0.4, 0.5) is 0 Å². The summed E-state index contributed by atoms with van der Waals surface area (Å²) in [6.07, 6.45) is 2.82. The highest BCUT2D eigenvalue weighted by Gasteiger charge is 2.20. The van der Waals surface area contributed by atoms with Crippen molar-refractivity contribution < 1.29 is 4.79 Å². The van der Waals surface area contributed by atoms with Crippen LogP contribution in [0, 0.1) is 0 Å². The Hall–Kier alpha value is -0.870. The van der Waals surface area contributed by atoms with Crippen molar-refractivity contribution in [3.63, 3.8) is 0 Å². The molecular weight excluding hydrogens is 304 g/mol. The highest BCUT2D eigenvalue weighted by molar-refractivity contribution is 9.10. The fraction of sp³-hybridized carbons (Fsp3) is 0.533. The lowest BCUT2D eigenvalue weighted by Gasteiger charge is -2.33. The Morgan fingerprint density at radius 3 is 3.11 bits per heavy atom. The van der Waals surface area contributed by atoms with Crippen molar-refractivity contribution in [3.8, 4) is 0 Å². The van der Waals surface area contributed by atoms with Crippen LogP contribution in [0.3, 0.4) is 0 Å². The Balaban J connectivity index is 1.89. The maximum Gasteiger partial charge on any atom is 0.219 e. The monoisotopic (exact) mass is 324 g/mol. The van der Waals surface area contributed by atoms with Gasteiger partial charge < -0.3 is 5.32 Å². The Morgan fingerprint density at radius 1 is 1.53 bits per heavy atom.